The number of furan rings is 1. The van der Waals surface area contributed by atoms with Crippen molar-refractivity contribution in [3.05, 3.63) is 57.5 Å². The monoisotopic (exact) mass is 393 g/mol. The van der Waals surface area contributed by atoms with Gasteiger partial charge in [-0.1, -0.05) is 28.1 Å². The SMILES string of the molecule is Cc1coc(CC(=O)O)c1C(=O)NC(C)CCc1ccc(Br)cc1. The van der Waals surface area contributed by atoms with E-state index in [2.05, 4.69) is 21.2 Å². The minimum absolute atomic E-state index is 0.0341. The van der Waals surface area contributed by atoms with E-state index in [-0.39, 0.29) is 24.1 Å². The zero-order valence-electron chi connectivity index (χ0n) is 13.6. The Morgan fingerprint density at radius 3 is 2.58 bits per heavy atom. The van der Waals surface area contributed by atoms with Crippen LogP contribution in [0, 0.1) is 6.92 Å². The van der Waals surface area contributed by atoms with Gasteiger partial charge in [0.05, 0.1) is 11.8 Å². The zero-order valence-corrected chi connectivity index (χ0v) is 15.2. The molecule has 0 spiro atoms. The highest BCUT2D eigenvalue weighted by Gasteiger charge is 2.21. The lowest BCUT2D eigenvalue weighted by Gasteiger charge is -2.14. The molecule has 6 heteroatoms. The number of carboxylic acid groups (broad SMARTS) is 1. The van der Waals surface area contributed by atoms with Gasteiger partial charge in [-0.3, -0.25) is 9.59 Å². The lowest BCUT2D eigenvalue weighted by Crippen LogP contribution is -2.33. The van der Waals surface area contributed by atoms with Crippen LogP contribution in [0.4, 0.5) is 0 Å². The van der Waals surface area contributed by atoms with Crippen molar-refractivity contribution in [3.63, 3.8) is 0 Å². The highest BCUT2D eigenvalue weighted by atomic mass is 79.9. The largest absolute Gasteiger partial charge is 0.481 e. The molecule has 5 nitrogen and oxygen atoms in total. The number of nitrogens with one attached hydrogen (secondary N) is 1. The van der Waals surface area contributed by atoms with Crippen LogP contribution >= 0.6 is 15.9 Å². The minimum atomic E-state index is -1.03. The number of carbonyl (C=O) groups is 2. The molecule has 2 aromatic rings. The first-order valence-electron chi connectivity index (χ1n) is 7.71. The van der Waals surface area contributed by atoms with Gasteiger partial charge in [-0.2, -0.15) is 0 Å². The first kappa shape index (κ1) is 18.3. The zero-order chi connectivity index (χ0) is 17.7. The summed E-state index contributed by atoms with van der Waals surface area (Å²) in [5, 5.41) is 11.8. The molecule has 0 aliphatic carbocycles. The van der Waals surface area contributed by atoms with Gasteiger partial charge >= 0.3 is 5.97 Å². The first-order valence-corrected chi connectivity index (χ1v) is 8.50. The summed E-state index contributed by atoms with van der Waals surface area (Å²) in [7, 11) is 0. The molecule has 128 valence electrons. The highest BCUT2D eigenvalue weighted by molar-refractivity contribution is 9.10. The van der Waals surface area contributed by atoms with Crippen LogP contribution in [0.1, 0.15) is 40.6 Å². The van der Waals surface area contributed by atoms with E-state index < -0.39 is 5.97 Å². The number of aliphatic carboxylic acids is 1. The van der Waals surface area contributed by atoms with E-state index in [0.717, 1.165) is 17.3 Å². The van der Waals surface area contributed by atoms with E-state index >= 15 is 0 Å². The normalized spacial score (nSPS) is 12.0. The average Bonchev–Trinajstić information content (AvgIpc) is 2.86. The molecule has 1 amide bonds. The average molecular weight is 394 g/mol. The number of halogens is 1. The standard InChI is InChI=1S/C18H20BrNO4/c1-11-10-24-15(9-16(21)22)17(11)18(23)20-12(2)3-4-13-5-7-14(19)8-6-13/h5-8,10,12H,3-4,9H2,1-2H3,(H,20,23)(H,21,22). The van der Waals surface area contributed by atoms with Crippen molar-refractivity contribution >= 4 is 27.8 Å². The summed E-state index contributed by atoms with van der Waals surface area (Å²) in [4.78, 5) is 23.3. The smallest absolute Gasteiger partial charge is 0.311 e. The summed E-state index contributed by atoms with van der Waals surface area (Å²) < 4.78 is 6.24. The highest BCUT2D eigenvalue weighted by Crippen LogP contribution is 2.18. The Morgan fingerprint density at radius 2 is 1.96 bits per heavy atom. The van der Waals surface area contributed by atoms with E-state index in [0.29, 0.717) is 11.1 Å². The fourth-order valence-electron chi connectivity index (χ4n) is 2.47. The molecule has 0 aliphatic rings. The molecule has 0 saturated heterocycles. The Bertz CT molecular complexity index is 721. The van der Waals surface area contributed by atoms with Gasteiger partial charge in [0.1, 0.15) is 12.2 Å². The van der Waals surface area contributed by atoms with E-state index in [9.17, 15) is 9.59 Å². The molecule has 1 atom stereocenters. The Morgan fingerprint density at radius 1 is 1.29 bits per heavy atom. The summed E-state index contributed by atoms with van der Waals surface area (Å²) in [6.45, 7) is 3.67. The maximum absolute atomic E-state index is 12.4. The number of hydrogen-bond acceptors (Lipinski definition) is 3. The summed E-state index contributed by atoms with van der Waals surface area (Å²) in [5.41, 5.74) is 2.17. The predicted octanol–water partition coefficient (Wildman–Crippen LogP) is 3.73. The quantitative estimate of drug-likeness (QED) is 0.750. The second kappa shape index (κ2) is 8.15. The van der Waals surface area contributed by atoms with Gasteiger partial charge < -0.3 is 14.8 Å². The molecule has 0 aliphatic heterocycles. The number of hydrogen-bond donors (Lipinski definition) is 2. The van der Waals surface area contributed by atoms with Crippen LogP contribution in [-0.2, 0) is 17.6 Å². The Hall–Kier alpha value is -2.08. The Kier molecular flexibility index (Phi) is 6.20. The lowest BCUT2D eigenvalue weighted by molar-refractivity contribution is -0.136. The molecule has 24 heavy (non-hydrogen) atoms. The van der Waals surface area contributed by atoms with Crippen molar-refractivity contribution in [3.8, 4) is 0 Å². The van der Waals surface area contributed by atoms with Crippen molar-refractivity contribution in [2.75, 3.05) is 0 Å². The van der Waals surface area contributed by atoms with E-state index in [1.165, 1.54) is 11.8 Å². The van der Waals surface area contributed by atoms with Crippen LogP contribution in [-0.4, -0.2) is 23.0 Å². The summed E-state index contributed by atoms with van der Waals surface area (Å²) in [6.07, 6.45) is 2.75. The molecule has 0 fully saturated rings. The third kappa shape index (κ3) is 4.96. The van der Waals surface area contributed by atoms with E-state index in [4.69, 9.17) is 9.52 Å². The van der Waals surface area contributed by atoms with Crippen LogP contribution in [0.5, 0.6) is 0 Å². The minimum Gasteiger partial charge on any atom is -0.481 e. The number of carbonyl (C=O) groups excluding carboxylic acids is 1. The van der Waals surface area contributed by atoms with E-state index in [1.807, 2.05) is 31.2 Å². The summed E-state index contributed by atoms with van der Waals surface area (Å²) in [5.74, 6) is -1.12. The molecule has 0 radical (unpaired) electrons. The number of amides is 1. The van der Waals surface area contributed by atoms with Crippen LogP contribution in [0.25, 0.3) is 0 Å². The Balaban J connectivity index is 1.95. The molecule has 1 heterocycles. The summed E-state index contributed by atoms with van der Waals surface area (Å²) >= 11 is 3.40. The maximum Gasteiger partial charge on any atom is 0.311 e. The predicted molar refractivity (Wildman–Crippen MR) is 94.2 cm³/mol. The van der Waals surface area contributed by atoms with Gasteiger partial charge in [0.2, 0.25) is 0 Å². The second-order valence-electron chi connectivity index (χ2n) is 5.83. The van der Waals surface area contributed by atoms with Crippen molar-refractivity contribution < 1.29 is 19.1 Å². The number of carboxylic acids is 1. The van der Waals surface area contributed by atoms with Crippen molar-refractivity contribution in [2.24, 2.45) is 0 Å². The van der Waals surface area contributed by atoms with Gasteiger partial charge in [-0.25, -0.2) is 0 Å². The van der Waals surface area contributed by atoms with Crippen molar-refractivity contribution in [1.29, 1.82) is 0 Å². The first-order chi connectivity index (χ1) is 11.4. The van der Waals surface area contributed by atoms with Crippen LogP contribution in [0.3, 0.4) is 0 Å². The molecule has 1 aromatic heterocycles. The molecule has 1 aromatic carbocycles. The maximum atomic E-state index is 12.4. The summed E-state index contributed by atoms with van der Waals surface area (Å²) in [6, 6.07) is 8.04. The molecule has 2 rings (SSSR count). The number of aryl methyl sites for hydroxylation is 2. The molecule has 2 N–H and O–H groups in total. The second-order valence-corrected chi connectivity index (χ2v) is 6.74. The molecular formula is C18H20BrNO4. The third-order valence-electron chi connectivity index (χ3n) is 3.75. The van der Waals surface area contributed by atoms with Gasteiger partial charge in [-0.15, -0.1) is 0 Å². The lowest BCUT2D eigenvalue weighted by atomic mass is 10.0. The Labute approximate surface area is 149 Å². The van der Waals surface area contributed by atoms with Crippen LogP contribution in [0.15, 0.2) is 39.4 Å². The fourth-order valence-corrected chi connectivity index (χ4v) is 2.74. The van der Waals surface area contributed by atoms with Gasteiger partial charge in [-0.05, 0) is 44.4 Å². The van der Waals surface area contributed by atoms with Gasteiger partial charge in [0, 0.05) is 16.1 Å². The van der Waals surface area contributed by atoms with E-state index in [1.54, 1.807) is 6.92 Å². The van der Waals surface area contributed by atoms with Crippen molar-refractivity contribution in [2.45, 2.75) is 39.2 Å². The van der Waals surface area contributed by atoms with Crippen molar-refractivity contribution in [1.82, 2.24) is 5.32 Å². The molecular weight excluding hydrogens is 374 g/mol. The van der Waals surface area contributed by atoms with Crippen LogP contribution in [0.2, 0.25) is 0 Å². The third-order valence-corrected chi connectivity index (χ3v) is 4.28. The number of benzene rings is 1. The molecule has 1 unspecified atom stereocenters. The fraction of sp³-hybridized carbons (Fsp3) is 0.333. The molecule has 0 bridgehead atoms. The molecule has 0 saturated carbocycles. The van der Waals surface area contributed by atoms with Crippen LogP contribution < -0.4 is 5.32 Å². The number of rotatable bonds is 7. The van der Waals surface area contributed by atoms with Gasteiger partial charge in [0.15, 0.2) is 0 Å². The van der Waals surface area contributed by atoms with Gasteiger partial charge in [0.25, 0.3) is 5.91 Å². The topological polar surface area (TPSA) is 79.5 Å².